The Morgan fingerprint density at radius 3 is 2.58 bits per heavy atom. The van der Waals surface area contributed by atoms with Gasteiger partial charge in [-0.05, 0) is 19.8 Å². The van der Waals surface area contributed by atoms with Crippen LogP contribution in [0.4, 0.5) is 0 Å². The van der Waals surface area contributed by atoms with Crippen molar-refractivity contribution in [1.82, 2.24) is 4.98 Å². The summed E-state index contributed by atoms with van der Waals surface area (Å²) in [6.45, 7) is 1.85. The monoisotopic (exact) mass is 167 g/mol. The highest BCUT2D eigenvalue weighted by Crippen LogP contribution is 2.33. The number of hydrogen-bond donors (Lipinski definition) is 1. The van der Waals surface area contributed by atoms with E-state index in [1.165, 1.54) is 25.7 Å². The maximum absolute atomic E-state index is 10.8. The molecule has 1 aromatic heterocycles. The van der Waals surface area contributed by atoms with E-state index in [1.807, 2.05) is 6.92 Å². The maximum Gasteiger partial charge on any atom is 0.416 e. The zero-order valence-corrected chi connectivity index (χ0v) is 7.22. The molecule has 3 nitrogen and oxygen atoms in total. The summed E-state index contributed by atoms with van der Waals surface area (Å²) >= 11 is 0. The van der Waals surface area contributed by atoms with Gasteiger partial charge < -0.3 is 4.42 Å². The lowest BCUT2D eigenvalue weighted by Crippen LogP contribution is -2.00. The Balaban J connectivity index is 2.31. The van der Waals surface area contributed by atoms with Crippen LogP contribution in [0.25, 0.3) is 0 Å². The Kier molecular flexibility index (Phi) is 1.79. The topological polar surface area (TPSA) is 46.0 Å². The van der Waals surface area contributed by atoms with Gasteiger partial charge in [-0.1, -0.05) is 12.8 Å². The number of hydrogen-bond acceptors (Lipinski definition) is 2. The Hall–Kier alpha value is -0.990. The first-order chi connectivity index (χ1) is 5.77. The smallest absolute Gasteiger partial charge is 0.413 e. The number of aromatic amines is 1. The third-order valence-corrected chi connectivity index (χ3v) is 2.63. The van der Waals surface area contributed by atoms with Crippen LogP contribution in [-0.4, -0.2) is 4.98 Å². The first-order valence-corrected chi connectivity index (χ1v) is 4.47. The molecular formula is C9H13NO2. The number of aryl methyl sites for hydroxylation is 1. The molecule has 1 heterocycles. The standard InChI is InChI=1S/C9H13NO2/c1-6-8(10-9(11)12-6)7-4-2-3-5-7/h7H,2-5H2,1H3,(H,10,11). The molecule has 0 amide bonds. The highest BCUT2D eigenvalue weighted by Gasteiger charge is 2.21. The summed E-state index contributed by atoms with van der Waals surface area (Å²) in [6.07, 6.45) is 4.93. The van der Waals surface area contributed by atoms with Gasteiger partial charge in [0.1, 0.15) is 5.76 Å². The van der Waals surface area contributed by atoms with Crippen molar-refractivity contribution < 1.29 is 4.42 Å². The van der Waals surface area contributed by atoms with Crippen molar-refractivity contribution in [3.63, 3.8) is 0 Å². The molecule has 1 fully saturated rings. The van der Waals surface area contributed by atoms with Crippen molar-refractivity contribution in [3.05, 3.63) is 22.0 Å². The number of rotatable bonds is 1. The maximum atomic E-state index is 10.8. The molecular weight excluding hydrogens is 154 g/mol. The summed E-state index contributed by atoms with van der Waals surface area (Å²) in [4.78, 5) is 13.6. The summed E-state index contributed by atoms with van der Waals surface area (Å²) in [6, 6.07) is 0. The second-order valence-electron chi connectivity index (χ2n) is 3.47. The lowest BCUT2D eigenvalue weighted by Gasteiger charge is -2.04. The van der Waals surface area contributed by atoms with Crippen LogP contribution in [0.1, 0.15) is 43.1 Å². The molecule has 1 aliphatic carbocycles. The summed E-state index contributed by atoms with van der Waals surface area (Å²) in [7, 11) is 0. The first-order valence-electron chi connectivity index (χ1n) is 4.47. The van der Waals surface area contributed by atoms with Gasteiger partial charge in [0.15, 0.2) is 0 Å². The van der Waals surface area contributed by atoms with E-state index >= 15 is 0 Å². The minimum absolute atomic E-state index is 0.311. The Labute approximate surface area is 70.8 Å². The van der Waals surface area contributed by atoms with Crippen LogP contribution in [0.3, 0.4) is 0 Å². The largest absolute Gasteiger partial charge is 0.416 e. The van der Waals surface area contributed by atoms with E-state index in [2.05, 4.69) is 4.98 Å². The average Bonchev–Trinajstić information content (AvgIpc) is 2.58. The van der Waals surface area contributed by atoms with Crippen molar-refractivity contribution in [2.45, 2.75) is 38.5 Å². The summed E-state index contributed by atoms with van der Waals surface area (Å²) < 4.78 is 4.92. The van der Waals surface area contributed by atoms with Gasteiger partial charge in [0, 0.05) is 5.92 Å². The van der Waals surface area contributed by atoms with Crippen LogP contribution >= 0.6 is 0 Å². The number of aromatic nitrogens is 1. The molecule has 0 aliphatic heterocycles. The average molecular weight is 167 g/mol. The zero-order valence-electron chi connectivity index (χ0n) is 7.22. The second kappa shape index (κ2) is 2.81. The SMILES string of the molecule is Cc1oc(=O)[nH]c1C1CCCC1. The fraction of sp³-hybridized carbons (Fsp3) is 0.667. The lowest BCUT2D eigenvalue weighted by atomic mass is 10.0. The molecule has 0 unspecified atom stereocenters. The number of oxazole rings is 1. The van der Waals surface area contributed by atoms with E-state index in [-0.39, 0.29) is 5.76 Å². The van der Waals surface area contributed by atoms with Crippen molar-refractivity contribution in [2.75, 3.05) is 0 Å². The van der Waals surface area contributed by atoms with Crippen LogP contribution in [0.2, 0.25) is 0 Å². The first kappa shape index (κ1) is 7.65. The van der Waals surface area contributed by atoms with Crippen LogP contribution < -0.4 is 5.76 Å². The van der Waals surface area contributed by atoms with Crippen molar-refractivity contribution in [1.29, 1.82) is 0 Å². The second-order valence-corrected chi connectivity index (χ2v) is 3.47. The molecule has 0 radical (unpaired) electrons. The predicted molar refractivity (Wildman–Crippen MR) is 45.3 cm³/mol. The molecule has 12 heavy (non-hydrogen) atoms. The van der Waals surface area contributed by atoms with E-state index < -0.39 is 0 Å². The third-order valence-electron chi connectivity index (χ3n) is 2.63. The minimum atomic E-state index is -0.311. The molecule has 3 heteroatoms. The van der Waals surface area contributed by atoms with Crippen molar-refractivity contribution >= 4 is 0 Å². The molecule has 0 saturated heterocycles. The molecule has 1 saturated carbocycles. The molecule has 1 N–H and O–H groups in total. The van der Waals surface area contributed by atoms with Gasteiger partial charge in [0.25, 0.3) is 0 Å². The van der Waals surface area contributed by atoms with Gasteiger partial charge >= 0.3 is 5.76 Å². The van der Waals surface area contributed by atoms with Crippen molar-refractivity contribution in [2.24, 2.45) is 0 Å². The van der Waals surface area contributed by atoms with Crippen LogP contribution in [-0.2, 0) is 0 Å². The van der Waals surface area contributed by atoms with Gasteiger partial charge in [-0.2, -0.15) is 0 Å². The predicted octanol–water partition coefficient (Wildman–Crippen LogP) is 1.93. The summed E-state index contributed by atoms with van der Waals surface area (Å²) in [5.74, 6) is 0.998. The van der Waals surface area contributed by atoms with Gasteiger partial charge in [-0.15, -0.1) is 0 Å². The van der Waals surface area contributed by atoms with Crippen LogP contribution in [0.5, 0.6) is 0 Å². The van der Waals surface area contributed by atoms with E-state index in [0.29, 0.717) is 5.92 Å². The molecule has 1 aromatic rings. The van der Waals surface area contributed by atoms with Gasteiger partial charge in [0.05, 0.1) is 5.69 Å². The van der Waals surface area contributed by atoms with E-state index in [9.17, 15) is 4.79 Å². The van der Waals surface area contributed by atoms with Crippen LogP contribution in [0.15, 0.2) is 9.21 Å². The van der Waals surface area contributed by atoms with E-state index in [1.54, 1.807) is 0 Å². The van der Waals surface area contributed by atoms with Gasteiger partial charge in [-0.3, -0.25) is 4.98 Å². The highest BCUT2D eigenvalue weighted by atomic mass is 16.4. The Morgan fingerprint density at radius 2 is 2.08 bits per heavy atom. The van der Waals surface area contributed by atoms with E-state index in [0.717, 1.165) is 11.5 Å². The van der Waals surface area contributed by atoms with Gasteiger partial charge in [-0.25, -0.2) is 4.79 Å². The molecule has 0 atom stereocenters. The number of H-pyrrole nitrogens is 1. The summed E-state index contributed by atoms with van der Waals surface area (Å²) in [5.41, 5.74) is 1.03. The normalized spacial score (nSPS) is 18.8. The van der Waals surface area contributed by atoms with Crippen molar-refractivity contribution in [3.8, 4) is 0 Å². The van der Waals surface area contributed by atoms with Crippen LogP contribution in [0, 0.1) is 6.92 Å². The number of nitrogens with one attached hydrogen (secondary N) is 1. The molecule has 0 spiro atoms. The fourth-order valence-corrected chi connectivity index (χ4v) is 2.02. The molecule has 0 bridgehead atoms. The minimum Gasteiger partial charge on any atom is -0.413 e. The zero-order chi connectivity index (χ0) is 8.55. The summed E-state index contributed by atoms with van der Waals surface area (Å²) in [5, 5.41) is 0. The molecule has 1 aliphatic rings. The molecule has 66 valence electrons. The molecule has 0 aromatic carbocycles. The lowest BCUT2D eigenvalue weighted by molar-refractivity contribution is 0.485. The highest BCUT2D eigenvalue weighted by molar-refractivity contribution is 5.12. The third kappa shape index (κ3) is 1.19. The van der Waals surface area contributed by atoms with Gasteiger partial charge in [0.2, 0.25) is 0 Å². The Bertz CT molecular complexity index is 318. The van der Waals surface area contributed by atoms with E-state index in [4.69, 9.17) is 4.42 Å². The fourth-order valence-electron chi connectivity index (χ4n) is 2.02. The molecule has 2 rings (SSSR count). The Morgan fingerprint density at radius 1 is 1.42 bits per heavy atom. The quantitative estimate of drug-likeness (QED) is 0.694.